The quantitative estimate of drug-likeness (QED) is 0.595. The topological polar surface area (TPSA) is 60.2 Å². The van der Waals surface area contributed by atoms with Gasteiger partial charge in [-0.1, -0.05) is 37.3 Å². The van der Waals surface area contributed by atoms with Crippen LogP contribution in [0.5, 0.6) is 0 Å². The summed E-state index contributed by atoms with van der Waals surface area (Å²) < 4.78 is 1.08. The molecule has 1 heterocycles. The fourth-order valence-corrected chi connectivity index (χ4v) is 4.17. The molecule has 0 fully saturated rings. The first-order chi connectivity index (χ1) is 13.6. The Morgan fingerprint density at radius 3 is 2.43 bits per heavy atom. The molecule has 0 saturated heterocycles. The van der Waals surface area contributed by atoms with Crippen LogP contribution in [0.2, 0.25) is 0 Å². The molecule has 0 bridgehead atoms. The molecule has 2 aromatic carbocycles. The van der Waals surface area contributed by atoms with E-state index < -0.39 is 0 Å². The maximum absolute atomic E-state index is 13.3. The zero-order valence-corrected chi connectivity index (χ0v) is 17.3. The van der Waals surface area contributed by atoms with Crippen LogP contribution < -0.4 is 4.90 Å². The Labute approximate surface area is 169 Å². The molecule has 0 N–H and O–H groups in total. The normalized spacial score (nSPS) is 11.0. The molecule has 0 spiro atoms. The van der Waals surface area contributed by atoms with Gasteiger partial charge >= 0.3 is 0 Å². The van der Waals surface area contributed by atoms with Crippen LogP contribution in [0.1, 0.15) is 35.3 Å². The van der Waals surface area contributed by atoms with Crippen LogP contribution in [0.4, 0.5) is 5.13 Å². The van der Waals surface area contributed by atoms with Crippen molar-refractivity contribution in [1.82, 2.24) is 9.88 Å². The first kappa shape index (κ1) is 20.0. The maximum Gasteiger partial charge on any atom is 0.260 e. The van der Waals surface area contributed by atoms with E-state index in [0.717, 1.165) is 35.4 Å². The molecule has 0 atom stereocenters. The van der Waals surface area contributed by atoms with Gasteiger partial charge in [0.05, 0.1) is 21.8 Å². The van der Waals surface area contributed by atoms with E-state index in [1.54, 1.807) is 40.5 Å². The third kappa shape index (κ3) is 4.22. The zero-order chi connectivity index (χ0) is 20.1. The van der Waals surface area contributed by atoms with Crippen LogP contribution in [-0.2, 0) is 0 Å². The molecule has 0 aliphatic carbocycles. The lowest BCUT2D eigenvalue weighted by Crippen LogP contribution is -2.38. The Balaban J connectivity index is 1.96. The number of fused-ring (bicyclic) bond motifs is 1. The summed E-state index contributed by atoms with van der Waals surface area (Å²) in [7, 11) is 0. The van der Waals surface area contributed by atoms with Gasteiger partial charge in [0.15, 0.2) is 5.13 Å². The minimum absolute atomic E-state index is 0.0895. The second-order valence-corrected chi connectivity index (χ2v) is 7.60. The number of aromatic nitrogens is 1. The van der Waals surface area contributed by atoms with E-state index in [4.69, 9.17) is 10.2 Å². The van der Waals surface area contributed by atoms with E-state index in [1.165, 1.54) is 0 Å². The third-order valence-electron chi connectivity index (χ3n) is 4.88. The second-order valence-electron chi connectivity index (χ2n) is 6.59. The number of carbonyl (C=O) groups is 1. The molecule has 0 aliphatic rings. The summed E-state index contributed by atoms with van der Waals surface area (Å²) in [5.74, 6) is -0.0895. The first-order valence-corrected chi connectivity index (χ1v) is 10.3. The SMILES string of the molecule is CCN(CC)CCN(C(=O)c1ccc(C#N)cc1)c1nc2c(C)cccc2s1. The molecule has 1 amide bonds. The molecule has 1 aromatic heterocycles. The van der Waals surface area contributed by atoms with Crippen molar-refractivity contribution >= 4 is 32.6 Å². The summed E-state index contributed by atoms with van der Waals surface area (Å²) in [6, 6.07) is 15.0. The lowest BCUT2D eigenvalue weighted by atomic mass is 10.1. The van der Waals surface area contributed by atoms with E-state index in [9.17, 15) is 4.79 Å². The van der Waals surface area contributed by atoms with Crippen LogP contribution in [0.3, 0.4) is 0 Å². The molecule has 0 aliphatic heterocycles. The molecule has 0 unspecified atom stereocenters. The maximum atomic E-state index is 13.3. The van der Waals surface area contributed by atoms with Crippen molar-refractivity contribution in [2.75, 3.05) is 31.1 Å². The Morgan fingerprint density at radius 1 is 1.11 bits per heavy atom. The van der Waals surface area contributed by atoms with Gasteiger partial charge in [-0.3, -0.25) is 9.69 Å². The number of amides is 1. The number of benzene rings is 2. The highest BCUT2D eigenvalue weighted by Crippen LogP contribution is 2.31. The summed E-state index contributed by atoms with van der Waals surface area (Å²) in [6.45, 7) is 9.51. The fourth-order valence-electron chi connectivity index (χ4n) is 3.10. The van der Waals surface area contributed by atoms with Crippen molar-refractivity contribution in [3.8, 4) is 6.07 Å². The summed E-state index contributed by atoms with van der Waals surface area (Å²) in [6.07, 6.45) is 0. The first-order valence-electron chi connectivity index (χ1n) is 9.47. The van der Waals surface area contributed by atoms with Crippen LogP contribution in [0.25, 0.3) is 10.2 Å². The molecular weight excluding hydrogens is 368 g/mol. The highest BCUT2D eigenvalue weighted by Gasteiger charge is 2.22. The van der Waals surface area contributed by atoms with E-state index in [-0.39, 0.29) is 5.91 Å². The van der Waals surface area contributed by atoms with E-state index in [2.05, 4.69) is 24.8 Å². The van der Waals surface area contributed by atoms with Gasteiger partial charge in [0.2, 0.25) is 0 Å². The number of rotatable bonds is 7. The van der Waals surface area contributed by atoms with Gasteiger partial charge in [-0.15, -0.1) is 0 Å². The number of anilines is 1. The van der Waals surface area contributed by atoms with Gasteiger partial charge in [0, 0.05) is 18.7 Å². The Hall–Kier alpha value is -2.75. The molecule has 144 valence electrons. The smallest absolute Gasteiger partial charge is 0.260 e. The summed E-state index contributed by atoms with van der Waals surface area (Å²) in [5.41, 5.74) is 3.16. The van der Waals surface area contributed by atoms with Crippen molar-refractivity contribution in [2.24, 2.45) is 0 Å². The van der Waals surface area contributed by atoms with E-state index in [1.807, 2.05) is 25.1 Å². The molecule has 3 rings (SSSR count). The van der Waals surface area contributed by atoms with Crippen molar-refractivity contribution in [2.45, 2.75) is 20.8 Å². The van der Waals surface area contributed by atoms with Crippen molar-refractivity contribution in [3.05, 3.63) is 59.2 Å². The molecular formula is C22H24N4OS. The number of hydrogen-bond donors (Lipinski definition) is 0. The van der Waals surface area contributed by atoms with Gasteiger partial charge < -0.3 is 4.90 Å². The van der Waals surface area contributed by atoms with Crippen LogP contribution in [0, 0.1) is 18.3 Å². The predicted molar refractivity (Wildman–Crippen MR) is 115 cm³/mol. The van der Waals surface area contributed by atoms with Crippen molar-refractivity contribution in [3.63, 3.8) is 0 Å². The second kappa shape index (κ2) is 8.96. The van der Waals surface area contributed by atoms with Gasteiger partial charge in [-0.2, -0.15) is 5.26 Å². The average molecular weight is 393 g/mol. The third-order valence-corrected chi connectivity index (χ3v) is 5.92. The number of thiazole rings is 1. The lowest BCUT2D eigenvalue weighted by molar-refractivity contribution is 0.0984. The Morgan fingerprint density at radius 2 is 1.82 bits per heavy atom. The zero-order valence-electron chi connectivity index (χ0n) is 16.5. The highest BCUT2D eigenvalue weighted by molar-refractivity contribution is 7.22. The minimum Gasteiger partial charge on any atom is -0.302 e. The van der Waals surface area contributed by atoms with Crippen molar-refractivity contribution < 1.29 is 4.79 Å². The standard InChI is InChI=1S/C22H24N4OS/c1-4-25(5-2)13-14-26(21(27)18-11-9-17(15-23)10-12-18)22-24-20-16(3)7-6-8-19(20)28-22/h6-12H,4-5,13-14H2,1-3H3. The molecule has 5 nitrogen and oxygen atoms in total. The number of nitrogens with zero attached hydrogens (tertiary/aromatic N) is 4. The molecule has 3 aromatic rings. The average Bonchev–Trinajstić information content (AvgIpc) is 3.16. The van der Waals surface area contributed by atoms with E-state index >= 15 is 0 Å². The highest BCUT2D eigenvalue weighted by atomic mass is 32.1. The van der Waals surface area contributed by atoms with Crippen LogP contribution in [-0.4, -0.2) is 42.0 Å². The molecule has 6 heteroatoms. The van der Waals surface area contributed by atoms with Gasteiger partial charge in [0.25, 0.3) is 5.91 Å². The Kier molecular flexibility index (Phi) is 6.40. The monoisotopic (exact) mass is 392 g/mol. The molecule has 28 heavy (non-hydrogen) atoms. The molecule has 0 radical (unpaired) electrons. The van der Waals surface area contributed by atoms with E-state index in [0.29, 0.717) is 22.8 Å². The number of nitriles is 1. The largest absolute Gasteiger partial charge is 0.302 e. The number of aryl methyl sites for hydroxylation is 1. The van der Waals surface area contributed by atoms with Gasteiger partial charge in [-0.25, -0.2) is 4.98 Å². The van der Waals surface area contributed by atoms with Gasteiger partial charge in [-0.05, 0) is 55.9 Å². The predicted octanol–water partition coefficient (Wildman–Crippen LogP) is 4.47. The summed E-state index contributed by atoms with van der Waals surface area (Å²) in [4.78, 5) is 22.1. The van der Waals surface area contributed by atoms with Crippen LogP contribution in [0.15, 0.2) is 42.5 Å². The lowest BCUT2D eigenvalue weighted by Gasteiger charge is -2.24. The summed E-state index contributed by atoms with van der Waals surface area (Å²) in [5, 5.41) is 9.71. The van der Waals surface area contributed by atoms with Gasteiger partial charge in [0.1, 0.15) is 0 Å². The van der Waals surface area contributed by atoms with Crippen LogP contribution >= 0.6 is 11.3 Å². The fraction of sp³-hybridized carbons (Fsp3) is 0.318. The summed E-state index contributed by atoms with van der Waals surface area (Å²) >= 11 is 1.54. The minimum atomic E-state index is -0.0895. The number of para-hydroxylation sites is 1. The number of hydrogen-bond acceptors (Lipinski definition) is 5. The van der Waals surface area contributed by atoms with Crippen molar-refractivity contribution in [1.29, 1.82) is 5.26 Å². The Bertz CT molecular complexity index is 1000. The number of carbonyl (C=O) groups excluding carboxylic acids is 1. The molecule has 0 saturated carbocycles. The number of likely N-dealkylation sites (N-methyl/N-ethyl adjacent to an activating group) is 1.